The summed E-state index contributed by atoms with van der Waals surface area (Å²) in [5, 5.41) is 12.5. The van der Waals surface area contributed by atoms with Crippen LogP contribution in [-0.2, 0) is 22.6 Å². The zero-order valence-electron chi connectivity index (χ0n) is 22.1. The smallest absolute Gasteiger partial charge is 0.419 e. The number of hydrogen-bond acceptors (Lipinski definition) is 6. The molecule has 0 saturated carbocycles. The SMILES string of the molecule is CCc1ccc2c(c1)cc(-c1cc([N+](=O)[O-])cn(COCC[Si](C)(C)C)c1=O)n2C(=O)OC(C)(C)C. The Morgan fingerprint density at radius 1 is 1.14 bits per heavy atom. The van der Waals surface area contributed by atoms with Gasteiger partial charge in [-0.3, -0.25) is 19.5 Å². The van der Waals surface area contributed by atoms with Crippen LogP contribution >= 0.6 is 0 Å². The van der Waals surface area contributed by atoms with Gasteiger partial charge < -0.3 is 9.47 Å². The van der Waals surface area contributed by atoms with Crippen LogP contribution in [0.3, 0.4) is 0 Å². The van der Waals surface area contributed by atoms with Crippen LogP contribution in [0, 0.1) is 10.1 Å². The van der Waals surface area contributed by atoms with E-state index in [0.29, 0.717) is 12.1 Å². The van der Waals surface area contributed by atoms with E-state index in [4.69, 9.17) is 9.47 Å². The van der Waals surface area contributed by atoms with E-state index in [1.807, 2.05) is 19.1 Å². The van der Waals surface area contributed by atoms with Crippen LogP contribution in [0.25, 0.3) is 22.2 Å². The molecule has 0 aliphatic carbocycles. The molecule has 0 bridgehead atoms. The van der Waals surface area contributed by atoms with E-state index in [-0.39, 0.29) is 23.7 Å². The molecule has 0 radical (unpaired) electrons. The van der Waals surface area contributed by atoms with Gasteiger partial charge in [-0.05, 0) is 57.0 Å². The summed E-state index contributed by atoms with van der Waals surface area (Å²) in [6, 6.07) is 9.46. The number of nitro groups is 1. The molecule has 3 aromatic rings. The molecule has 10 heteroatoms. The molecule has 0 N–H and O–H groups in total. The lowest BCUT2D eigenvalue weighted by atomic mass is 10.1. The average molecular weight is 514 g/mol. The standard InChI is InChI=1S/C26H35N3O6Si/c1-8-18-9-10-22-19(13-18)14-23(28(22)25(31)35-26(2,3)4)21-15-20(29(32)33)16-27(24(21)30)17-34-11-12-36(5,6)7/h9-10,13-16H,8,11-12,17H2,1-7H3. The van der Waals surface area contributed by atoms with Crippen molar-refractivity contribution in [1.82, 2.24) is 9.13 Å². The number of aryl methyl sites for hydroxylation is 1. The molecule has 0 aliphatic heterocycles. The molecule has 1 aromatic carbocycles. The first kappa shape index (κ1) is 27.3. The first-order valence-electron chi connectivity index (χ1n) is 12.0. The number of nitrogens with zero attached hydrogens (tertiary/aromatic N) is 3. The Kier molecular flexibility index (Phi) is 7.90. The van der Waals surface area contributed by atoms with E-state index in [0.717, 1.165) is 23.4 Å². The van der Waals surface area contributed by atoms with Crippen molar-refractivity contribution in [1.29, 1.82) is 0 Å². The average Bonchev–Trinajstić information content (AvgIpc) is 3.14. The van der Waals surface area contributed by atoms with Gasteiger partial charge in [0.2, 0.25) is 0 Å². The van der Waals surface area contributed by atoms with Crippen molar-refractivity contribution >= 4 is 30.8 Å². The molecular weight excluding hydrogens is 478 g/mol. The Morgan fingerprint density at radius 2 is 1.83 bits per heavy atom. The van der Waals surface area contributed by atoms with Crippen LogP contribution < -0.4 is 5.56 Å². The highest BCUT2D eigenvalue weighted by Crippen LogP contribution is 2.30. The third-order valence-corrected chi connectivity index (χ3v) is 7.34. The highest BCUT2D eigenvalue weighted by Gasteiger charge is 2.26. The maximum Gasteiger partial charge on any atom is 0.419 e. The molecule has 9 nitrogen and oxygen atoms in total. The van der Waals surface area contributed by atoms with Crippen molar-refractivity contribution in [3.63, 3.8) is 0 Å². The maximum atomic E-state index is 13.5. The number of carbonyl (C=O) groups excluding carboxylic acids is 1. The third kappa shape index (κ3) is 6.49. The van der Waals surface area contributed by atoms with Gasteiger partial charge in [0.05, 0.1) is 27.9 Å². The van der Waals surface area contributed by atoms with Crippen molar-refractivity contribution < 1.29 is 19.2 Å². The lowest BCUT2D eigenvalue weighted by Gasteiger charge is -2.21. The normalized spacial score (nSPS) is 12.2. The molecule has 36 heavy (non-hydrogen) atoms. The monoisotopic (exact) mass is 513 g/mol. The summed E-state index contributed by atoms with van der Waals surface area (Å²) >= 11 is 0. The molecule has 0 unspecified atom stereocenters. The van der Waals surface area contributed by atoms with E-state index in [1.165, 1.54) is 21.4 Å². The highest BCUT2D eigenvalue weighted by atomic mass is 28.3. The molecule has 0 fully saturated rings. The number of pyridine rings is 1. The van der Waals surface area contributed by atoms with Crippen LogP contribution in [0.1, 0.15) is 33.3 Å². The Hall–Kier alpha value is -3.24. The zero-order valence-corrected chi connectivity index (χ0v) is 23.1. The van der Waals surface area contributed by atoms with Gasteiger partial charge in [0.15, 0.2) is 0 Å². The van der Waals surface area contributed by atoms with Gasteiger partial charge >= 0.3 is 6.09 Å². The Morgan fingerprint density at radius 3 is 2.42 bits per heavy atom. The van der Waals surface area contributed by atoms with Crippen LogP contribution in [0.2, 0.25) is 25.7 Å². The van der Waals surface area contributed by atoms with Crippen molar-refractivity contribution in [3.05, 3.63) is 62.6 Å². The van der Waals surface area contributed by atoms with Crippen LogP contribution in [0.4, 0.5) is 10.5 Å². The number of ether oxygens (including phenoxy) is 2. The minimum absolute atomic E-state index is 0.0260. The van der Waals surface area contributed by atoms with E-state index < -0.39 is 30.3 Å². The van der Waals surface area contributed by atoms with Crippen molar-refractivity contribution in [2.75, 3.05) is 6.61 Å². The highest BCUT2D eigenvalue weighted by molar-refractivity contribution is 6.76. The predicted octanol–water partition coefficient (Wildman–Crippen LogP) is 6.04. The van der Waals surface area contributed by atoms with E-state index in [2.05, 4.69) is 19.6 Å². The van der Waals surface area contributed by atoms with Crippen molar-refractivity contribution in [2.45, 2.75) is 72.1 Å². The topological polar surface area (TPSA) is 106 Å². The summed E-state index contributed by atoms with van der Waals surface area (Å²) in [6.07, 6.45) is 1.30. The van der Waals surface area contributed by atoms with Gasteiger partial charge in [-0.25, -0.2) is 9.36 Å². The van der Waals surface area contributed by atoms with Crippen LogP contribution in [0.15, 0.2) is 41.3 Å². The zero-order chi connectivity index (χ0) is 26.8. The second kappa shape index (κ2) is 10.4. The van der Waals surface area contributed by atoms with E-state index >= 15 is 0 Å². The quantitative estimate of drug-likeness (QED) is 0.157. The Bertz CT molecular complexity index is 1340. The van der Waals surface area contributed by atoms with Crippen molar-refractivity contribution in [2.24, 2.45) is 0 Å². The molecule has 0 atom stereocenters. The summed E-state index contributed by atoms with van der Waals surface area (Å²) in [5.74, 6) is 0. The van der Waals surface area contributed by atoms with Gasteiger partial charge in [-0.1, -0.05) is 32.6 Å². The molecule has 0 aliphatic rings. The molecule has 0 amide bonds. The van der Waals surface area contributed by atoms with Crippen molar-refractivity contribution in [3.8, 4) is 11.3 Å². The minimum atomic E-state index is -1.34. The number of carbonyl (C=O) groups is 1. The molecule has 2 heterocycles. The molecule has 0 spiro atoms. The first-order valence-corrected chi connectivity index (χ1v) is 15.8. The van der Waals surface area contributed by atoms with Gasteiger partial charge in [-0.2, -0.15) is 0 Å². The third-order valence-electron chi connectivity index (χ3n) is 5.64. The number of benzene rings is 1. The van der Waals surface area contributed by atoms with E-state index in [9.17, 15) is 19.7 Å². The van der Waals surface area contributed by atoms with Gasteiger partial charge in [0, 0.05) is 26.1 Å². The van der Waals surface area contributed by atoms with Crippen LogP contribution in [-0.4, -0.2) is 40.4 Å². The maximum absolute atomic E-state index is 13.5. The fourth-order valence-electron chi connectivity index (χ4n) is 3.73. The largest absolute Gasteiger partial charge is 0.443 e. The summed E-state index contributed by atoms with van der Waals surface area (Å²) in [6.45, 7) is 14.3. The number of aromatic nitrogens is 2. The molecule has 0 saturated heterocycles. The first-order chi connectivity index (χ1) is 16.7. The molecule has 3 rings (SSSR count). The minimum Gasteiger partial charge on any atom is -0.443 e. The lowest BCUT2D eigenvalue weighted by Crippen LogP contribution is -2.29. The Labute approximate surface area is 211 Å². The molecule has 2 aromatic heterocycles. The fraction of sp³-hybridized carbons (Fsp3) is 0.462. The number of fused-ring (bicyclic) bond motifs is 1. The Balaban J connectivity index is 2.18. The number of hydrogen-bond donors (Lipinski definition) is 0. The van der Waals surface area contributed by atoms with Crippen LogP contribution in [0.5, 0.6) is 0 Å². The van der Waals surface area contributed by atoms with E-state index in [1.54, 1.807) is 32.9 Å². The summed E-state index contributed by atoms with van der Waals surface area (Å²) in [5.41, 5.74) is 0.338. The fourth-order valence-corrected chi connectivity index (χ4v) is 4.48. The molecular formula is C26H35N3O6Si. The summed E-state index contributed by atoms with van der Waals surface area (Å²) in [7, 11) is -1.34. The second-order valence-corrected chi connectivity index (χ2v) is 16.7. The van der Waals surface area contributed by atoms with Gasteiger partial charge in [0.1, 0.15) is 12.3 Å². The summed E-state index contributed by atoms with van der Waals surface area (Å²) < 4.78 is 13.8. The summed E-state index contributed by atoms with van der Waals surface area (Å²) in [4.78, 5) is 37.9. The second-order valence-electron chi connectivity index (χ2n) is 11.1. The lowest BCUT2D eigenvalue weighted by molar-refractivity contribution is -0.385. The number of rotatable bonds is 8. The van der Waals surface area contributed by atoms with Gasteiger partial charge in [-0.15, -0.1) is 0 Å². The molecule has 194 valence electrons. The predicted molar refractivity (Wildman–Crippen MR) is 143 cm³/mol. The van der Waals surface area contributed by atoms with Gasteiger partial charge in [0.25, 0.3) is 11.2 Å².